The van der Waals surface area contributed by atoms with Gasteiger partial charge in [-0.1, -0.05) is 6.07 Å². The Balaban J connectivity index is 2.51. The molecule has 1 aromatic heterocycles. The molecular weight excluding hydrogens is 231 g/mol. The van der Waals surface area contributed by atoms with Crippen molar-refractivity contribution in [1.82, 2.24) is 9.88 Å². The fourth-order valence-electron chi connectivity index (χ4n) is 1.52. The lowest BCUT2D eigenvalue weighted by Gasteiger charge is -2.24. The van der Waals surface area contributed by atoms with Gasteiger partial charge in [-0.2, -0.15) is 13.2 Å². The number of aromatic nitrogens is 1. The fourth-order valence-corrected chi connectivity index (χ4v) is 1.52. The molecule has 0 aliphatic carbocycles. The highest BCUT2D eigenvalue weighted by molar-refractivity contribution is 5.03. The molecule has 0 radical (unpaired) electrons. The van der Waals surface area contributed by atoms with Gasteiger partial charge in [-0.3, -0.25) is 9.88 Å². The quantitative estimate of drug-likeness (QED) is 0.860. The first-order valence-electron chi connectivity index (χ1n) is 5.28. The van der Waals surface area contributed by atoms with Gasteiger partial charge in [-0.15, -0.1) is 0 Å². The topological polar surface area (TPSA) is 42.2 Å². The molecule has 1 unspecified atom stereocenters. The molecule has 96 valence electrons. The van der Waals surface area contributed by atoms with Crippen LogP contribution in [0.15, 0.2) is 24.4 Å². The van der Waals surface area contributed by atoms with Crippen LogP contribution in [-0.2, 0) is 6.54 Å². The standard InChI is InChI=1S/C11H16F3N3/c1-17(7-9(6-15)11(12,13)14)8-10-4-2-3-5-16-10/h2-5,9H,6-8,15H2,1H3. The number of pyridine rings is 1. The van der Waals surface area contributed by atoms with Gasteiger partial charge in [-0.25, -0.2) is 0 Å². The van der Waals surface area contributed by atoms with Crippen molar-refractivity contribution in [2.45, 2.75) is 12.7 Å². The van der Waals surface area contributed by atoms with Crippen LogP contribution in [0.25, 0.3) is 0 Å². The number of nitrogens with two attached hydrogens (primary N) is 1. The predicted molar refractivity (Wildman–Crippen MR) is 59.2 cm³/mol. The lowest BCUT2D eigenvalue weighted by atomic mass is 10.1. The zero-order chi connectivity index (χ0) is 12.9. The van der Waals surface area contributed by atoms with E-state index in [4.69, 9.17) is 5.73 Å². The van der Waals surface area contributed by atoms with E-state index in [0.29, 0.717) is 6.54 Å². The van der Waals surface area contributed by atoms with Crippen LogP contribution in [0, 0.1) is 5.92 Å². The van der Waals surface area contributed by atoms with Crippen LogP contribution in [0.1, 0.15) is 5.69 Å². The van der Waals surface area contributed by atoms with E-state index in [0.717, 1.165) is 5.69 Å². The third-order valence-corrected chi connectivity index (χ3v) is 2.44. The maximum absolute atomic E-state index is 12.5. The van der Waals surface area contributed by atoms with Crippen LogP contribution < -0.4 is 5.73 Å². The van der Waals surface area contributed by atoms with E-state index in [2.05, 4.69) is 4.98 Å². The van der Waals surface area contributed by atoms with Crippen LogP contribution in [0.5, 0.6) is 0 Å². The number of rotatable bonds is 5. The number of alkyl halides is 3. The van der Waals surface area contributed by atoms with Gasteiger partial charge >= 0.3 is 6.18 Å². The molecule has 0 bridgehead atoms. The Kier molecular flexibility index (Phi) is 4.89. The number of nitrogens with zero attached hydrogens (tertiary/aromatic N) is 2. The minimum atomic E-state index is -4.24. The van der Waals surface area contributed by atoms with Gasteiger partial charge in [0.05, 0.1) is 11.6 Å². The highest BCUT2D eigenvalue weighted by Crippen LogP contribution is 2.26. The maximum atomic E-state index is 12.5. The molecule has 0 aromatic carbocycles. The highest BCUT2D eigenvalue weighted by atomic mass is 19.4. The van der Waals surface area contributed by atoms with E-state index < -0.39 is 18.6 Å². The molecule has 0 fully saturated rings. The Bertz CT molecular complexity index is 326. The van der Waals surface area contributed by atoms with Crippen LogP contribution in [0.4, 0.5) is 13.2 Å². The summed E-state index contributed by atoms with van der Waals surface area (Å²) in [5.41, 5.74) is 5.88. The smallest absolute Gasteiger partial charge is 0.330 e. The van der Waals surface area contributed by atoms with Crippen molar-refractivity contribution in [3.8, 4) is 0 Å². The van der Waals surface area contributed by atoms with Crippen molar-refractivity contribution >= 4 is 0 Å². The van der Waals surface area contributed by atoms with Gasteiger partial charge in [0.2, 0.25) is 0 Å². The van der Waals surface area contributed by atoms with Crippen LogP contribution in [0.2, 0.25) is 0 Å². The van der Waals surface area contributed by atoms with E-state index >= 15 is 0 Å². The normalized spacial score (nSPS) is 14.0. The van der Waals surface area contributed by atoms with Crippen LogP contribution in [-0.4, -0.2) is 36.2 Å². The Morgan fingerprint density at radius 3 is 2.59 bits per heavy atom. The monoisotopic (exact) mass is 247 g/mol. The highest BCUT2D eigenvalue weighted by Gasteiger charge is 2.38. The molecule has 17 heavy (non-hydrogen) atoms. The zero-order valence-corrected chi connectivity index (χ0v) is 9.61. The molecule has 0 aliphatic heterocycles. The van der Waals surface area contributed by atoms with Crippen molar-refractivity contribution in [2.75, 3.05) is 20.1 Å². The maximum Gasteiger partial charge on any atom is 0.394 e. The molecule has 0 spiro atoms. The molecule has 1 rings (SSSR count). The first kappa shape index (κ1) is 13.9. The second kappa shape index (κ2) is 5.97. The van der Waals surface area contributed by atoms with E-state index in [9.17, 15) is 13.2 Å². The fraction of sp³-hybridized carbons (Fsp3) is 0.545. The third kappa shape index (κ3) is 4.70. The Labute approximate surface area is 98.4 Å². The summed E-state index contributed by atoms with van der Waals surface area (Å²) in [6.07, 6.45) is -2.62. The van der Waals surface area contributed by atoms with Crippen molar-refractivity contribution in [3.63, 3.8) is 0 Å². The molecule has 2 N–H and O–H groups in total. The molecule has 6 heteroatoms. The van der Waals surface area contributed by atoms with E-state index in [-0.39, 0.29) is 6.54 Å². The van der Waals surface area contributed by atoms with E-state index in [1.165, 1.54) is 0 Å². The number of hydrogen-bond acceptors (Lipinski definition) is 3. The second-order valence-corrected chi connectivity index (χ2v) is 3.99. The summed E-state index contributed by atoms with van der Waals surface area (Å²) in [7, 11) is 1.63. The Morgan fingerprint density at radius 2 is 2.12 bits per heavy atom. The lowest BCUT2D eigenvalue weighted by molar-refractivity contribution is -0.175. The van der Waals surface area contributed by atoms with E-state index in [1.54, 1.807) is 36.3 Å². The van der Waals surface area contributed by atoms with Crippen molar-refractivity contribution < 1.29 is 13.2 Å². The molecule has 1 aromatic rings. The Morgan fingerprint density at radius 1 is 1.41 bits per heavy atom. The summed E-state index contributed by atoms with van der Waals surface area (Å²) >= 11 is 0. The van der Waals surface area contributed by atoms with Crippen molar-refractivity contribution in [1.29, 1.82) is 0 Å². The Hall–Kier alpha value is -1.14. The van der Waals surface area contributed by atoms with Gasteiger partial charge in [0.25, 0.3) is 0 Å². The third-order valence-electron chi connectivity index (χ3n) is 2.44. The molecular formula is C11H16F3N3. The SMILES string of the molecule is CN(Cc1ccccn1)CC(CN)C(F)(F)F. The van der Waals surface area contributed by atoms with Gasteiger partial charge in [-0.05, 0) is 19.2 Å². The van der Waals surface area contributed by atoms with Gasteiger partial charge in [0.1, 0.15) is 0 Å². The zero-order valence-electron chi connectivity index (χ0n) is 9.61. The van der Waals surface area contributed by atoms with Crippen LogP contribution in [0.3, 0.4) is 0 Å². The minimum absolute atomic E-state index is 0.115. The summed E-state index contributed by atoms with van der Waals surface area (Å²) < 4.78 is 37.5. The van der Waals surface area contributed by atoms with Gasteiger partial charge in [0.15, 0.2) is 0 Å². The summed E-state index contributed by atoms with van der Waals surface area (Å²) in [6.45, 7) is -0.125. The summed E-state index contributed by atoms with van der Waals surface area (Å²) in [5.74, 6) is -1.49. The second-order valence-electron chi connectivity index (χ2n) is 3.99. The number of hydrogen-bond donors (Lipinski definition) is 1. The summed E-state index contributed by atoms with van der Waals surface area (Å²) in [5, 5.41) is 0. The first-order chi connectivity index (χ1) is 7.93. The molecule has 1 atom stereocenters. The van der Waals surface area contributed by atoms with Gasteiger partial charge in [0, 0.05) is 25.8 Å². The summed E-state index contributed by atoms with van der Waals surface area (Å²) in [4.78, 5) is 5.64. The van der Waals surface area contributed by atoms with Crippen molar-refractivity contribution in [2.24, 2.45) is 11.7 Å². The average Bonchev–Trinajstić information content (AvgIpc) is 2.25. The van der Waals surface area contributed by atoms with Crippen LogP contribution >= 0.6 is 0 Å². The minimum Gasteiger partial charge on any atom is -0.330 e. The average molecular weight is 247 g/mol. The number of halogens is 3. The van der Waals surface area contributed by atoms with E-state index in [1.807, 2.05) is 0 Å². The molecule has 0 saturated carbocycles. The van der Waals surface area contributed by atoms with Gasteiger partial charge < -0.3 is 5.73 Å². The molecule has 0 saturated heterocycles. The largest absolute Gasteiger partial charge is 0.394 e. The summed E-state index contributed by atoms with van der Waals surface area (Å²) in [6, 6.07) is 5.35. The predicted octanol–water partition coefficient (Wildman–Crippen LogP) is 1.65. The molecule has 3 nitrogen and oxygen atoms in total. The molecule has 0 amide bonds. The molecule has 1 heterocycles. The first-order valence-corrected chi connectivity index (χ1v) is 5.28. The lowest BCUT2D eigenvalue weighted by Crippen LogP contribution is -2.39. The molecule has 0 aliphatic rings. The van der Waals surface area contributed by atoms with Crippen molar-refractivity contribution in [3.05, 3.63) is 30.1 Å².